The average molecular weight is 207 g/mol. The van der Waals surface area contributed by atoms with Crippen molar-refractivity contribution in [2.24, 2.45) is 4.99 Å². The Balaban J connectivity index is 3.79. The Hall–Kier alpha value is -0.380. The van der Waals surface area contributed by atoms with Crippen LogP contribution in [0.25, 0.3) is 0 Å². The van der Waals surface area contributed by atoms with Gasteiger partial charge in [-0.3, -0.25) is 4.79 Å². The summed E-state index contributed by atoms with van der Waals surface area (Å²) in [5.74, 6) is -0.159. The van der Waals surface area contributed by atoms with Crippen molar-refractivity contribution in [1.82, 2.24) is 4.90 Å². The third-order valence-electron chi connectivity index (χ3n) is 0.756. The number of halogens is 1. The maximum atomic E-state index is 10.8. The van der Waals surface area contributed by atoms with Crippen LogP contribution in [-0.4, -0.2) is 36.1 Å². The summed E-state index contributed by atoms with van der Waals surface area (Å²) in [5.41, 5.74) is 0. The second-order valence-corrected chi connectivity index (χ2v) is 3.54. The molecule has 4 heteroatoms. The third kappa shape index (κ3) is 4.49. The van der Waals surface area contributed by atoms with E-state index in [1.165, 1.54) is 6.34 Å². The molecule has 0 heterocycles. The topological polar surface area (TPSA) is 32.7 Å². The fraction of sp³-hybridized carbons (Fsp3) is 0.667. The second-order valence-electron chi connectivity index (χ2n) is 2.16. The van der Waals surface area contributed by atoms with Crippen molar-refractivity contribution in [3.63, 3.8) is 0 Å². The van der Waals surface area contributed by atoms with Crippen molar-refractivity contribution < 1.29 is 4.79 Å². The number of alkyl halides is 1. The molecule has 1 atom stereocenters. The number of amides is 1. The van der Waals surface area contributed by atoms with Crippen LogP contribution >= 0.6 is 15.9 Å². The molecule has 10 heavy (non-hydrogen) atoms. The van der Waals surface area contributed by atoms with E-state index in [0.717, 1.165) is 0 Å². The minimum atomic E-state index is -0.191. The summed E-state index contributed by atoms with van der Waals surface area (Å²) in [6.45, 7) is 1.75. The van der Waals surface area contributed by atoms with E-state index < -0.39 is 0 Å². The lowest BCUT2D eigenvalue weighted by Gasteiger charge is -2.01. The van der Waals surface area contributed by atoms with Gasteiger partial charge in [0.15, 0.2) is 0 Å². The van der Waals surface area contributed by atoms with Gasteiger partial charge in [0, 0.05) is 14.1 Å². The molecule has 0 aromatic carbocycles. The minimum absolute atomic E-state index is 0.159. The number of hydrogen-bond donors (Lipinski definition) is 0. The highest BCUT2D eigenvalue weighted by molar-refractivity contribution is 9.10. The first-order valence-corrected chi connectivity index (χ1v) is 3.84. The van der Waals surface area contributed by atoms with Crippen LogP contribution < -0.4 is 0 Å². The molecule has 0 aliphatic heterocycles. The van der Waals surface area contributed by atoms with Crippen LogP contribution in [0.15, 0.2) is 4.99 Å². The highest BCUT2D eigenvalue weighted by Gasteiger charge is 2.04. The van der Waals surface area contributed by atoms with Crippen LogP contribution in [0.3, 0.4) is 0 Å². The summed E-state index contributed by atoms with van der Waals surface area (Å²) in [7, 11) is 3.63. The highest BCUT2D eigenvalue weighted by atomic mass is 79.9. The predicted octanol–water partition coefficient (Wildman–Crippen LogP) is 0.886. The van der Waals surface area contributed by atoms with Gasteiger partial charge in [-0.2, -0.15) is 0 Å². The number of nitrogens with zero attached hydrogens (tertiary/aromatic N) is 2. The molecule has 0 fully saturated rings. The van der Waals surface area contributed by atoms with Crippen LogP contribution in [0.2, 0.25) is 0 Å². The zero-order valence-corrected chi connectivity index (χ0v) is 7.92. The molecule has 0 radical (unpaired) electrons. The van der Waals surface area contributed by atoms with Crippen molar-refractivity contribution in [2.45, 2.75) is 11.8 Å². The zero-order chi connectivity index (χ0) is 8.15. The first kappa shape index (κ1) is 9.62. The SMILES string of the molecule is CC(Br)C(=O)/N=C/N(C)C. The molecule has 0 saturated carbocycles. The van der Waals surface area contributed by atoms with Gasteiger partial charge in [0.2, 0.25) is 0 Å². The number of hydrogen-bond acceptors (Lipinski definition) is 1. The molecule has 58 valence electrons. The average Bonchev–Trinajstić information content (AvgIpc) is 1.82. The van der Waals surface area contributed by atoms with E-state index in [4.69, 9.17) is 0 Å². The smallest absolute Gasteiger partial charge is 0.260 e. The van der Waals surface area contributed by atoms with Gasteiger partial charge >= 0.3 is 0 Å². The summed E-state index contributed by atoms with van der Waals surface area (Å²) < 4.78 is 0. The molecule has 0 aromatic rings. The summed E-state index contributed by atoms with van der Waals surface area (Å²) in [6.07, 6.45) is 1.49. The first-order chi connectivity index (χ1) is 4.54. The molecule has 0 rings (SSSR count). The standard InChI is InChI=1S/C6H11BrN2O/c1-5(7)6(10)8-4-9(2)3/h4-5H,1-3H3/b8-4+. The fourth-order valence-electron chi connectivity index (χ4n) is 0.275. The van der Waals surface area contributed by atoms with Gasteiger partial charge in [-0.1, -0.05) is 15.9 Å². The lowest BCUT2D eigenvalue weighted by molar-refractivity contribution is -0.116. The summed E-state index contributed by atoms with van der Waals surface area (Å²) in [4.78, 5) is 15.9. The largest absolute Gasteiger partial charge is 0.369 e. The Bertz CT molecular complexity index is 143. The molecular weight excluding hydrogens is 196 g/mol. The molecular formula is C6H11BrN2O. The van der Waals surface area contributed by atoms with E-state index in [-0.39, 0.29) is 10.7 Å². The van der Waals surface area contributed by atoms with Gasteiger partial charge in [0.1, 0.15) is 0 Å². The molecule has 0 bridgehead atoms. The van der Waals surface area contributed by atoms with Crippen molar-refractivity contribution >= 4 is 28.2 Å². The van der Waals surface area contributed by atoms with E-state index in [1.54, 1.807) is 11.8 Å². The van der Waals surface area contributed by atoms with E-state index in [1.807, 2.05) is 14.1 Å². The first-order valence-electron chi connectivity index (χ1n) is 2.92. The van der Waals surface area contributed by atoms with E-state index in [9.17, 15) is 4.79 Å². The van der Waals surface area contributed by atoms with E-state index in [2.05, 4.69) is 20.9 Å². The second kappa shape index (κ2) is 4.44. The van der Waals surface area contributed by atoms with Gasteiger partial charge in [0.25, 0.3) is 5.91 Å². The van der Waals surface area contributed by atoms with Gasteiger partial charge in [-0.25, -0.2) is 4.99 Å². The van der Waals surface area contributed by atoms with Crippen molar-refractivity contribution in [3.8, 4) is 0 Å². The van der Waals surface area contributed by atoms with Crippen LogP contribution in [0, 0.1) is 0 Å². The van der Waals surface area contributed by atoms with Crippen LogP contribution in [0.4, 0.5) is 0 Å². The Morgan fingerprint density at radius 3 is 2.50 bits per heavy atom. The van der Waals surface area contributed by atoms with Crippen LogP contribution in [0.5, 0.6) is 0 Å². The lowest BCUT2D eigenvalue weighted by atomic mass is 10.5. The quantitative estimate of drug-likeness (QED) is 0.382. The number of rotatable bonds is 2. The molecule has 0 N–H and O–H groups in total. The van der Waals surface area contributed by atoms with Crippen LogP contribution in [0.1, 0.15) is 6.92 Å². The summed E-state index contributed by atoms with van der Waals surface area (Å²) in [6, 6.07) is 0. The van der Waals surface area contributed by atoms with Crippen LogP contribution in [-0.2, 0) is 4.79 Å². The molecule has 0 aliphatic rings. The monoisotopic (exact) mass is 206 g/mol. The Morgan fingerprint density at radius 1 is 1.70 bits per heavy atom. The highest BCUT2D eigenvalue weighted by Crippen LogP contribution is 1.98. The Kier molecular flexibility index (Phi) is 4.27. The Morgan fingerprint density at radius 2 is 2.20 bits per heavy atom. The molecule has 0 aliphatic carbocycles. The van der Waals surface area contributed by atoms with Gasteiger partial charge in [-0.15, -0.1) is 0 Å². The maximum Gasteiger partial charge on any atom is 0.260 e. The molecule has 0 spiro atoms. The zero-order valence-electron chi connectivity index (χ0n) is 6.34. The molecule has 1 unspecified atom stereocenters. The van der Waals surface area contributed by atoms with Crippen molar-refractivity contribution in [2.75, 3.05) is 14.1 Å². The van der Waals surface area contributed by atoms with Crippen molar-refractivity contribution in [3.05, 3.63) is 0 Å². The number of carbonyl (C=O) groups excluding carboxylic acids is 1. The fourth-order valence-corrected chi connectivity index (χ4v) is 0.393. The normalized spacial score (nSPS) is 13.6. The van der Waals surface area contributed by atoms with Crippen molar-refractivity contribution in [1.29, 1.82) is 0 Å². The molecule has 1 amide bonds. The summed E-state index contributed by atoms with van der Waals surface area (Å²) >= 11 is 3.11. The van der Waals surface area contributed by atoms with E-state index >= 15 is 0 Å². The number of aliphatic imine (C=N–C) groups is 1. The minimum Gasteiger partial charge on any atom is -0.369 e. The maximum absolute atomic E-state index is 10.8. The van der Waals surface area contributed by atoms with Gasteiger partial charge in [0.05, 0.1) is 11.2 Å². The van der Waals surface area contributed by atoms with E-state index in [0.29, 0.717) is 0 Å². The lowest BCUT2D eigenvalue weighted by Crippen LogP contribution is -2.12. The molecule has 3 nitrogen and oxygen atoms in total. The Labute approximate surface area is 69.2 Å². The van der Waals surface area contributed by atoms with Gasteiger partial charge < -0.3 is 4.90 Å². The van der Waals surface area contributed by atoms with Gasteiger partial charge in [-0.05, 0) is 6.92 Å². The molecule has 0 aromatic heterocycles. The third-order valence-corrected chi connectivity index (χ3v) is 1.15. The predicted molar refractivity (Wildman–Crippen MR) is 45.6 cm³/mol. The molecule has 0 saturated heterocycles. The number of carbonyl (C=O) groups is 1. The summed E-state index contributed by atoms with van der Waals surface area (Å²) in [5, 5.41) is 0.